The van der Waals surface area contributed by atoms with Crippen molar-refractivity contribution in [2.24, 2.45) is 0 Å². The van der Waals surface area contributed by atoms with Crippen molar-refractivity contribution in [1.29, 1.82) is 0 Å². The van der Waals surface area contributed by atoms with E-state index in [-0.39, 0.29) is 35.8 Å². The van der Waals surface area contributed by atoms with Crippen LogP contribution in [0.1, 0.15) is 36.0 Å². The largest absolute Gasteiger partial charge is 0.351 e. The first-order valence-corrected chi connectivity index (χ1v) is 10.2. The molecule has 0 bridgehead atoms. The van der Waals surface area contributed by atoms with E-state index in [1.54, 1.807) is 27.9 Å². The van der Waals surface area contributed by atoms with E-state index in [9.17, 15) is 14.0 Å². The van der Waals surface area contributed by atoms with Crippen LogP contribution in [0.25, 0.3) is 0 Å². The van der Waals surface area contributed by atoms with Crippen molar-refractivity contribution >= 4 is 24.2 Å². The molecule has 1 aromatic carbocycles. The zero-order valence-electron chi connectivity index (χ0n) is 16.7. The summed E-state index contributed by atoms with van der Waals surface area (Å²) in [4.78, 5) is 27.5. The van der Waals surface area contributed by atoms with Gasteiger partial charge in [-0.05, 0) is 57.0 Å². The molecule has 2 fully saturated rings. The lowest BCUT2D eigenvalue weighted by atomic mass is 9.86. The number of carbonyl (C=O) groups is 2. The van der Waals surface area contributed by atoms with Crippen molar-refractivity contribution < 1.29 is 14.0 Å². The lowest BCUT2D eigenvalue weighted by Crippen LogP contribution is -2.57. The van der Waals surface area contributed by atoms with Crippen molar-refractivity contribution in [3.05, 3.63) is 54.1 Å². The minimum atomic E-state index is -0.672. The maximum Gasteiger partial charge on any atom is 0.256 e. The van der Waals surface area contributed by atoms with E-state index in [2.05, 4.69) is 15.7 Å². The average Bonchev–Trinajstić information content (AvgIpc) is 3.30. The van der Waals surface area contributed by atoms with Gasteiger partial charge in [0, 0.05) is 31.5 Å². The molecule has 0 spiro atoms. The fourth-order valence-electron chi connectivity index (χ4n) is 4.27. The summed E-state index contributed by atoms with van der Waals surface area (Å²) in [5.74, 6) is -0.805. The second-order valence-electron chi connectivity index (χ2n) is 7.75. The second kappa shape index (κ2) is 9.57. The third-order valence-corrected chi connectivity index (χ3v) is 6.02. The highest BCUT2D eigenvalue weighted by Gasteiger charge is 2.43. The van der Waals surface area contributed by atoms with Gasteiger partial charge in [-0.1, -0.05) is 12.1 Å². The van der Waals surface area contributed by atoms with Crippen LogP contribution in [0.5, 0.6) is 0 Å². The van der Waals surface area contributed by atoms with Crippen LogP contribution in [0.15, 0.2) is 42.7 Å². The van der Waals surface area contributed by atoms with Gasteiger partial charge in [0.15, 0.2) is 0 Å². The molecule has 0 unspecified atom stereocenters. The third kappa shape index (κ3) is 4.34. The van der Waals surface area contributed by atoms with Crippen LogP contribution in [-0.2, 0) is 10.3 Å². The summed E-state index contributed by atoms with van der Waals surface area (Å²) >= 11 is 0. The van der Waals surface area contributed by atoms with Gasteiger partial charge >= 0.3 is 0 Å². The van der Waals surface area contributed by atoms with Crippen molar-refractivity contribution in [3.63, 3.8) is 0 Å². The number of aromatic nitrogens is 2. The van der Waals surface area contributed by atoms with E-state index in [4.69, 9.17) is 0 Å². The molecule has 2 amide bonds. The molecule has 30 heavy (non-hydrogen) atoms. The number of nitrogens with zero attached hydrogens (tertiary/aromatic N) is 3. The first-order chi connectivity index (χ1) is 14.1. The number of nitrogens with one attached hydrogen (secondary N) is 2. The van der Waals surface area contributed by atoms with E-state index in [1.165, 1.54) is 12.1 Å². The number of hydrogen-bond donors (Lipinski definition) is 2. The molecular weight excluding hydrogens is 409 g/mol. The van der Waals surface area contributed by atoms with Gasteiger partial charge < -0.3 is 15.5 Å². The highest BCUT2D eigenvalue weighted by atomic mass is 35.5. The van der Waals surface area contributed by atoms with Crippen molar-refractivity contribution in [2.75, 3.05) is 26.2 Å². The predicted octanol–water partition coefficient (Wildman–Crippen LogP) is 1.94. The minimum Gasteiger partial charge on any atom is -0.351 e. The van der Waals surface area contributed by atoms with Gasteiger partial charge in [0.1, 0.15) is 11.4 Å². The van der Waals surface area contributed by atoms with Crippen LogP contribution < -0.4 is 10.6 Å². The lowest BCUT2D eigenvalue weighted by Gasteiger charge is -2.39. The summed E-state index contributed by atoms with van der Waals surface area (Å²) in [5, 5.41) is 10.8. The van der Waals surface area contributed by atoms with Crippen LogP contribution in [0.3, 0.4) is 0 Å². The van der Waals surface area contributed by atoms with Crippen molar-refractivity contribution in [2.45, 2.75) is 37.3 Å². The molecule has 1 aromatic heterocycles. The molecule has 162 valence electrons. The Hall–Kier alpha value is -2.45. The number of rotatable bonds is 4. The third-order valence-electron chi connectivity index (χ3n) is 6.02. The van der Waals surface area contributed by atoms with E-state index in [0.29, 0.717) is 38.8 Å². The standard InChI is InChI=1S/C21H26FN5O2.ClH/c22-18-5-2-1-4-17(18)19(28)26-14-6-16(7-15-26)25-20(29)21(8-11-23-12-9-21)27-13-3-10-24-27;/h1-5,10,13,16,23H,6-9,11-12,14-15H2,(H,25,29);1H. The molecule has 0 saturated carbocycles. The summed E-state index contributed by atoms with van der Waals surface area (Å²) in [5.41, 5.74) is -0.572. The number of piperidine rings is 2. The lowest BCUT2D eigenvalue weighted by molar-refractivity contribution is -0.133. The highest BCUT2D eigenvalue weighted by Crippen LogP contribution is 2.28. The molecular formula is C21H27ClFN5O2. The molecule has 2 aliphatic heterocycles. The van der Waals surface area contributed by atoms with Crippen LogP contribution >= 0.6 is 12.4 Å². The Morgan fingerprint density at radius 1 is 1.13 bits per heavy atom. The number of benzene rings is 1. The zero-order valence-corrected chi connectivity index (χ0v) is 17.5. The minimum absolute atomic E-state index is 0. The fraction of sp³-hybridized carbons (Fsp3) is 0.476. The van der Waals surface area contributed by atoms with Gasteiger partial charge in [0.25, 0.3) is 5.91 Å². The summed E-state index contributed by atoms with van der Waals surface area (Å²) in [6, 6.07) is 7.88. The van der Waals surface area contributed by atoms with Crippen molar-refractivity contribution in [3.8, 4) is 0 Å². The molecule has 2 aliphatic rings. The summed E-state index contributed by atoms with van der Waals surface area (Å²) < 4.78 is 15.7. The van der Waals surface area contributed by atoms with Gasteiger partial charge in [-0.3, -0.25) is 14.3 Å². The summed E-state index contributed by atoms with van der Waals surface area (Å²) in [7, 11) is 0. The normalized spacial score (nSPS) is 19.0. The Bertz CT molecular complexity index is 862. The topological polar surface area (TPSA) is 79.3 Å². The van der Waals surface area contributed by atoms with Crippen LogP contribution in [0.4, 0.5) is 4.39 Å². The van der Waals surface area contributed by atoms with Crippen LogP contribution in [0.2, 0.25) is 0 Å². The first kappa shape index (κ1) is 22.2. The number of hydrogen-bond acceptors (Lipinski definition) is 4. The Morgan fingerprint density at radius 3 is 2.47 bits per heavy atom. The summed E-state index contributed by atoms with van der Waals surface area (Å²) in [6.45, 7) is 2.52. The Morgan fingerprint density at radius 2 is 1.83 bits per heavy atom. The predicted molar refractivity (Wildman–Crippen MR) is 113 cm³/mol. The first-order valence-electron chi connectivity index (χ1n) is 10.2. The SMILES string of the molecule is Cl.O=C(c1ccccc1F)N1CCC(NC(=O)C2(n3cccn3)CCNCC2)CC1. The monoisotopic (exact) mass is 435 g/mol. The van der Waals surface area contributed by atoms with E-state index in [0.717, 1.165) is 13.1 Å². The Balaban J connectivity index is 0.00000256. The van der Waals surface area contributed by atoms with Gasteiger partial charge in [0.05, 0.1) is 5.56 Å². The van der Waals surface area contributed by atoms with E-state index >= 15 is 0 Å². The quantitative estimate of drug-likeness (QED) is 0.769. The smallest absolute Gasteiger partial charge is 0.256 e. The number of carbonyl (C=O) groups excluding carboxylic acids is 2. The zero-order chi connectivity index (χ0) is 20.3. The molecule has 2 N–H and O–H groups in total. The molecule has 0 atom stereocenters. The number of amides is 2. The molecule has 4 rings (SSSR count). The van der Waals surface area contributed by atoms with Gasteiger partial charge in [-0.2, -0.15) is 5.10 Å². The molecule has 2 aromatic rings. The van der Waals surface area contributed by atoms with Gasteiger partial charge in [-0.15, -0.1) is 12.4 Å². The second-order valence-corrected chi connectivity index (χ2v) is 7.75. The Labute approximate surface area is 181 Å². The maximum atomic E-state index is 13.9. The number of likely N-dealkylation sites (tertiary alicyclic amines) is 1. The molecule has 9 heteroatoms. The number of halogens is 2. The van der Waals surface area contributed by atoms with Crippen LogP contribution in [-0.4, -0.2) is 58.7 Å². The molecule has 7 nitrogen and oxygen atoms in total. The highest BCUT2D eigenvalue weighted by molar-refractivity contribution is 5.94. The fourth-order valence-corrected chi connectivity index (χ4v) is 4.27. The van der Waals surface area contributed by atoms with E-state index in [1.807, 2.05) is 12.3 Å². The average molecular weight is 436 g/mol. The van der Waals surface area contributed by atoms with E-state index < -0.39 is 11.4 Å². The van der Waals surface area contributed by atoms with Crippen molar-refractivity contribution in [1.82, 2.24) is 25.3 Å². The molecule has 0 radical (unpaired) electrons. The summed E-state index contributed by atoms with van der Waals surface area (Å²) in [6.07, 6.45) is 6.22. The van der Waals surface area contributed by atoms with Gasteiger partial charge in [-0.25, -0.2) is 4.39 Å². The van der Waals surface area contributed by atoms with Gasteiger partial charge in [0.2, 0.25) is 5.91 Å². The molecule has 2 saturated heterocycles. The van der Waals surface area contributed by atoms with Crippen LogP contribution in [0, 0.1) is 5.82 Å². The Kier molecular flexibility index (Phi) is 7.10. The molecule has 0 aliphatic carbocycles. The maximum absolute atomic E-state index is 13.9. The molecule has 3 heterocycles.